The lowest BCUT2D eigenvalue weighted by atomic mass is 10.2. The van der Waals surface area contributed by atoms with Crippen LogP contribution in [-0.2, 0) is 14.8 Å². The third-order valence-electron chi connectivity index (χ3n) is 4.33. The zero-order chi connectivity index (χ0) is 22.0. The molecule has 2 aromatic heterocycles. The molecule has 0 fully saturated rings. The second-order valence-electron chi connectivity index (χ2n) is 6.68. The zero-order valence-corrected chi connectivity index (χ0v) is 18.9. The molecule has 0 radical (unpaired) electrons. The van der Waals surface area contributed by atoms with Crippen LogP contribution in [0.4, 0.5) is 5.69 Å². The number of anilines is 1. The van der Waals surface area contributed by atoms with Gasteiger partial charge in [-0.3, -0.25) is 4.79 Å². The molecular weight excluding hydrogens is 452 g/mol. The van der Waals surface area contributed by atoms with Crippen LogP contribution in [0.2, 0.25) is 0 Å². The largest absolute Gasteiger partial charge is 0.325 e. The number of carbonyl (C=O) groups is 1. The van der Waals surface area contributed by atoms with Crippen molar-refractivity contribution < 1.29 is 13.2 Å². The summed E-state index contributed by atoms with van der Waals surface area (Å²) in [6.45, 7) is 1.83. The van der Waals surface area contributed by atoms with Crippen molar-refractivity contribution in [1.82, 2.24) is 9.97 Å². The molecule has 0 atom stereocenters. The van der Waals surface area contributed by atoms with E-state index in [2.05, 4.69) is 21.4 Å². The van der Waals surface area contributed by atoms with Gasteiger partial charge >= 0.3 is 0 Å². The molecule has 2 heterocycles. The van der Waals surface area contributed by atoms with Gasteiger partial charge in [-0.25, -0.2) is 23.5 Å². The molecule has 31 heavy (non-hydrogen) atoms. The van der Waals surface area contributed by atoms with E-state index in [4.69, 9.17) is 5.14 Å². The number of aryl methyl sites for hydroxylation is 1. The average Bonchev–Trinajstić information content (AvgIpc) is 3.16. The number of nitrogens with two attached hydrogens (primary N) is 1. The molecule has 0 aliphatic heterocycles. The Morgan fingerprint density at radius 2 is 1.81 bits per heavy atom. The second-order valence-corrected chi connectivity index (χ2v) is 10.2. The molecule has 1 amide bonds. The number of carbonyl (C=O) groups excluding carboxylic acids is 1. The summed E-state index contributed by atoms with van der Waals surface area (Å²) < 4.78 is 22.7. The number of sulfonamides is 1. The topological polar surface area (TPSA) is 115 Å². The van der Waals surface area contributed by atoms with Crippen molar-refractivity contribution in [3.8, 4) is 10.4 Å². The van der Waals surface area contributed by atoms with Crippen LogP contribution in [0, 0.1) is 6.92 Å². The Balaban J connectivity index is 1.49. The van der Waals surface area contributed by atoms with E-state index >= 15 is 0 Å². The van der Waals surface area contributed by atoms with Crippen molar-refractivity contribution in [2.45, 2.75) is 16.8 Å². The lowest BCUT2D eigenvalue weighted by molar-refractivity contribution is -0.113. The molecule has 0 saturated heterocycles. The van der Waals surface area contributed by atoms with Gasteiger partial charge in [0.1, 0.15) is 15.7 Å². The highest BCUT2D eigenvalue weighted by Gasteiger charge is 2.14. The minimum atomic E-state index is -3.77. The molecule has 3 N–H and O–H groups in total. The van der Waals surface area contributed by atoms with E-state index in [1.165, 1.54) is 36.0 Å². The number of thioether (sulfide) groups is 1. The summed E-state index contributed by atoms with van der Waals surface area (Å²) in [7, 11) is -3.77. The number of benzene rings is 2. The molecule has 0 aliphatic carbocycles. The fourth-order valence-electron chi connectivity index (χ4n) is 2.91. The van der Waals surface area contributed by atoms with E-state index in [-0.39, 0.29) is 16.6 Å². The molecule has 0 bridgehead atoms. The fraction of sp³-hybridized carbons (Fsp3) is 0.0952. The van der Waals surface area contributed by atoms with Crippen molar-refractivity contribution in [3.63, 3.8) is 0 Å². The first-order chi connectivity index (χ1) is 14.8. The summed E-state index contributed by atoms with van der Waals surface area (Å²) in [6.07, 6.45) is 0. The predicted molar refractivity (Wildman–Crippen MR) is 125 cm³/mol. The number of thiophene rings is 1. The van der Waals surface area contributed by atoms with Gasteiger partial charge in [0.15, 0.2) is 0 Å². The highest BCUT2D eigenvalue weighted by molar-refractivity contribution is 8.00. The monoisotopic (exact) mass is 470 g/mol. The number of nitrogens with one attached hydrogen (secondary N) is 1. The van der Waals surface area contributed by atoms with Gasteiger partial charge in [-0.2, -0.15) is 0 Å². The fourth-order valence-corrected chi connectivity index (χ4v) is 5.42. The van der Waals surface area contributed by atoms with E-state index < -0.39 is 10.0 Å². The number of hydrogen-bond donors (Lipinski definition) is 2. The Labute approximate surface area is 187 Å². The number of fused-ring (bicyclic) bond motifs is 1. The zero-order valence-electron chi connectivity index (χ0n) is 16.4. The molecule has 158 valence electrons. The smallest absolute Gasteiger partial charge is 0.238 e. The summed E-state index contributed by atoms with van der Waals surface area (Å²) in [5.41, 5.74) is 1.60. The van der Waals surface area contributed by atoms with Gasteiger partial charge < -0.3 is 5.32 Å². The van der Waals surface area contributed by atoms with Crippen LogP contribution in [0.25, 0.3) is 20.7 Å². The Bertz CT molecular complexity index is 1350. The standard InChI is InChI=1S/C21H18N4O3S3/c1-13-23-20(17-11-18(30-21(17)24-13)14-5-3-2-4-6-14)29-12-19(26)25-15-7-9-16(10-8-15)31(22,27)28/h2-11H,12H2,1H3,(H,25,26)(H2,22,27,28). The second kappa shape index (κ2) is 8.75. The van der Waals surface area contributed by atoms with Gasteiger partial charge in [-0.05, 0) is 42.8 Å². The SMILES string of the molecule is Cc1nc(SCC(=O)Nc2ccc(S(N)(=O)=O)cc2)c2cc(-c3ccccc3)sc2n1. The quantitative estimate of drug-likeness (QED) is 0.325. The molecule has 0 aliphatic rings. The van der Waals surface area contributed by atoms with Gasteiger partial charge in [0.25, 0.3) is 0 Å². The van der Waals surface area contributed by atoms with Crippen molar-refractivity contribution in [2.24, 2.45) is 5.14 Å². The third-order valence-corrected chi connectivity index (χ3v) is 7.33. The minimum Gasteiger partial charge on any atom is -0.325 e. The van der Waals surface area contributed by atoms with Crippen molar-refractivity contribution in [1.29, 1.82) is 0 Å². The van der Waals surface area contributed by atoms with Gasteiger partial charge in [0, 0.05) is 16.0 Å². The lowest BCUT2D eigenvalue weighted by Gasteiger charge is -2.07. The number of rotatable bonds is 6. The predicted octanol–water partition coefficient (Wildman–Crippen LogP) is 4.04. The molecular formula is C21H18N4O3S3. The third kappa shape index (κ3) is 5.10. The Kier molecular flexibility index (Phi) is 6.05. The summed E-state index contributed by atoms with van der Waals surface area (Å²) in [4.78, 5) is 23.4. The maximum absolute atomic E-state index is 12.4. The molecule has 0 spiro atoms. The van der Waals surface area contributed by atoms with E-state index in [9.17, 15) is 13.2 Å². The van der Waals surface area contributed by atoms with Gasteiger partial charge in [-0.1, -0.05) is 42.1 Å². The Morgan fingerprint density at radius 1 is 1.10 bits per heavy atom. The van der Waals surface area contributed by atoms with Crippen molar-refractivity contribution in [2.75, 3.05) is 11.1 Å². The molecule has 0 saturated carbocycles. The lowest BCUT2D eigenvalue weighted by Crippen LogP contribution is -2.15. The average molecular weight is 471 g/mol. The summed E-state index contributed by atoms with van der Waals surface area (Å²) >= 11 is 2.93. The maximum atomic E-state index is 12.4. The van der Waals surface area contributed by atoms with Crippen LogP contribution >= 0.6 is 23.1 Å². The van der Waals surface area contributed by atoms with Crippen LogP contribution < -0.4 is 10.5 Å². The first-order valence-corrected chi connectivity index (χ1v) is 12.5. The molecule has 7 nitrogen and oxygen atoms in total. The maximum Gasteiger partial charge on any atom is 0.238 e. The number of hydrogen-bond acceptors (Lipinski definition) is 7. The molecule has 4 aromatic rings. The molecule has 2 aromatic carbocycles. The van der Waals surface area contributed by atoms with Crippen molar-refractivity contribution in [3.05, 3.63) is 66.5 Å². The number of amides is 1. The summed E-state index contributed by atoms with van der Waals surface area (Å²) in [5.74, 6) is 0.575. The number of primary sulfonamides is 1. The van der Waals surface area contributed by atoms with Crippen LogP contribution in [-0.4, -0.2) is 30.0 Å². The number of aromatic nitrogens is 2. The van der Waals surface area contributed by atoms with Crippen LogP contribution in [0.15, 0.2) is 70.6 Å². The van der Waals surface area contributed by atoms with Gasteiger partial charge in [-0.15, -0.1) is 11.3 Å². The van der Waals surface area contributed by atoms with Gasteiger partial charge in [0.05, 0.1) is 10.6 Å². The summed E-state index contributed by atoms with van der Waals surface area (Å²) in [5, 5.41) is 9.51. The first kappa shape index (κ1) is 21.4. The van der Waals surface area contributed by atoms with E-state index in [0.29, 0.717) is 11.5 Å². The van der Waals surface area contributed by atoms with Gasteiger partial charge in [0.2, 0.25) is 15.9 Å². The molecule has 0 unspecified atom stereocenters. The highest BCUT2D eigenvalue weighted by Crippen LogP contribution is 2.36. The van der Waals surface area contributed by atoms with Crippen molar-refractivity contribution >= 4 is 54.9 Å². The molecule has 10 heteroatoms. The van der Waals surface area contributed by atoms with E-state index in [0.717, 1.165) is 25.7 Å². The number of nitrogens with zero attached hydrogens (tertiary/aromatic N) is 2. The minimum absolute atomic E-state index is 0.00888. The summed E-state index contributed by atoms with van der Waals surface area (Å²) in [6, 6.07) is 17.8. The highest BCUT2D eigenvalue weighted by atomic mass is 32.2. The van der Waals surface area contributed by atoms with Crippen LogP contribution in [0.3, 0.4) is 0 Å². The Morgan fingerprint density at radius 3 is 2.48 bits per heavy atom. The molecule has 4 rings (SSSR count). The first-order valence-electron chi connectivity index (χ1n) is 9.19. The van der Waals surface area contributed by atoms with E-state index in [1.807, 2.05) is 37.3 Å². The normalized spacial score (nSPS) is 11.5. The van der Waals surface area contributed by atoms with Crippen LogP contribution in [0.5, 0.6) is 0 Å². The Hall–Kier alpha value is -2.79. The van der Waals surface area contributed by atoms with E-state index in [1.54, 1.807) is 11.3 Å². The van der Waals surface area contributed by atoms with Crippen LogP contribution in [0.1, 0.15) is 5.82 Å².